The number of thiophene rings is 1. The smallest absolute Gasteiger partial charge is 0.261 e. The van der Waals surface area contributed by atoms with Gasteiger partial charge in [0.05, 0.1) is 6.54 Å². The summed E-state index contributed by atoms with van der Waals surface area (Å²) < 4.78 is 18.3. The Morgan fingerprint density at radius 1 is 1.29 bits per heavy atom. The molecule has 1 aliphatic rings. The average Bonchev–Trinajstić information content (AvgIpc) is 3.20. The van der Waals surface area contributed by atoms with Gasteiger partial charge in [-0.05, 0) is 48.6 Å². The van der Waals surface area contributed by atoms with Crippen LogP contribution in [0.15, 0.2) is 41.8 Å². The Balaban J connectivity index is 1.58. The van der Waals surface area contributed by atoms with Gasteiger partial charge >= 0.3 is 0 Å². The minimum Gasteiger partial charge on any atom is -0.484 e. The van der Waals surface area contributed by atoms with Gasteiger partial charge in [0.25, 0.3) is 5.91 Å². The van der Waals surface area contributed by atoms with Crippen molar-refractivity contribution in [3.05, 3.63) is 52.5 Å². The van der Waals surface area contributed by atoms with Gasteiger partial charge in [-0.15, -0.1) is 11.3 Å². The van der Waals surface area contributed by atoms with Crippen LogP contribution in [0.3, 0.4) is 0 Å². The highest BCUT2D eigenvalue weighted by molar-refractivity contribution is 7.09. The van der Waals surface area contributed by atoms with Gasteiger partial charge in [0.1, 0.15) is 11.6 Å². The van der Waals surface area contributed by atoms with Crippen molar-refractivity contribution in [1.82, 2.24) is 4.90 Å². The molecule has 1 aliphatic carbocycles. The van der Waals surface area contributed by atoms with E-state index in [1.807, 2.05) is 22.4 Å². The van der Waals surface area contributed by atoms with Crippen LogP contribution in [-0.4, -0.2) is 23.5 Å². The van der Waals surface area contributed by atoms with Crippen LogP contribution in [0.25, 0.3) is 0 Å². The van der Waals surface area contributed by atoms with E-state index in [1.54, 1.807) is 11.3 Å². The highest BCUT2D eigenvalue weighted by atomic mass is 32.1. The number of nitrogens with zero attached hydrogens (tertiary/aromatic N) is 1. The molecule has 0 aliphatic heterocycles. The second-order valence-corrected chi connectivity index (χ2v) is 6.11. The van der Waals surface area contributed by atoms with Crippen molar-refractivity contribution in [1.29, 1.82) is 0 Å². The molecule has 0 atom stereocenters. The van der Waals surface area contributed by atoms with Gasteiger partial charge in [-0.3, -0.25) is 4.79 Å². The lowest BCUT2D eigenvalue weighted by Crippen LogP contribution is -2.36. The second kappa shape index (κ2) is 6.26. The van der Waals surface area contributed by atoms with E-state index in [2.05, 4.69) is 0 Å². The van der Waals surface area contributed by atoms with E-state index in [0.29, 0.717) is 18.3 Å². The first kappa shape index (κ1) is 14.1. The molecule has 1 aromatic heterocycles. The highest BCUT2D eigenvalue weighted by Gasteiger charge is 2.32. The first-order valence-electron chi connectivity index (χ1n) is 6.92. The second-order valence-electron chi connectivity index (χ2n) is 5.07. The number of hydrogen-bond donors (Lipinski definition) is 0. The molecule has 3 rings (SSSR count). The molecule has 3 nitrogen and oxygen atoms in total. The molecular weight excluding hydrogens is 289 g/mol. The number of hydrogen-bond acceptors (Lipinski definition) is 3. The summed E-state index contributed by atoms with van der Waals surface area (Å²) in [5, 5.41) is 2.01. The predicted molar refractivity (Wildman–Crippen MR) is 79.8 cm³/mol. The minimum absolute atomic E-state index is 0.00644. The quantitative estimate of drug-likeness (QED) is 0.818. The van der Waals surface area contributed by atoms with E-state index < -0.39 is 0 Å². The van der Waals surface area contributed by atoms with Crippen LogP contribution in [-0.2, 0) is 11.3 Å². The van der Waals surface area contributed by atoms with Crippen LogP contribution in [0.4, 0.5) is 4.39 Å². The Morgan fingerprint density at radius 2 is 2.05 bits per heavy atom. The fraction of sp³-hybridized carbons (Fsp3) is 0.312. The number of halogens is 1. The highest BCUT2D eigenvalue weighted by Crippen LogP contribution is 2.29. The number of carbonyl (C=O) groups is 1. The third kappa shape index (κ3) is 3.82. The molecule has 1 aromatic carbocycles. The molecule has 1 amide bonds. The van der Waals surface area contributed by atoms with Gasteiger partial charge < -0.3 is 9.64 Å². The van der Waals surface area contributed by atoms with Crippen molar-refractivity contribution in [3.63, 3.8) is 0 Å². The largest absolute Gasteiger partial charge is 0.484 e. The number of ether oxygens (including phenoxy) is 1. The van der Waals surface area contributed by atoms with Gasteiger partial charge in [-0.1, -0.05) is 6.07 Å². The first-order chi connectivity index (χ1) is 10.2. The summed E-state index contributed by atoms with van der Waals surface area (Å²) in [6, 6.07) is 10.1. The third-order valence-corrected chi connectivity index (χ3v) is 4.25. The maximum absolute atomic E-state index is 12.8. The number of carbonyl (C=O) groups excluding carboxylic acids is 1. The van der Waals surface area contributed by atoms with E-state index in [0.717, 1.165) is 12.8 Å². The summed E-state index contributed by atoms with van der Waals surface area (Å²) in [4.78, 5) is 15.4. The standard InChI is InChI=1S/C16H16FNO2S/c17-12-3-7-14(8-4-12)20-11-16(19)18(13-5-6-13)10-15-2-1-9-21-15/h1-4,7-9,13H,5-6,10-11H2. The third-order valence-electron chi connectivity index (χ3n) is 3.39. The molecule has 0 spiro atoms. The molecular formula is C16H16FNO2S. The first-order valence-corrected chi connectivity index (χ1v) is 7.80. The number of rotatable bonds is 6. The summed E-state index contributed by atoms with van der Waals surface area (Å²) in [5.74, 6) is 0.179. The zero-order valence-electron chi connectivity index (χ0n) is 11.5. The van der Waals surface area contributed by atoms with E-state index in [9.17, 15) is 9.18 Å². The van der Waals surface area contributed by atoms with Crippen molar-refractivity contribution in [2.45, 2.75) is 25.4 Å². The molecule has 21 heavy (non-hydrogen) atoms. The van der Waals surface area contributed by atoms with Gasteiger partial charge in [0, 0.05) is 10.9 Å². The van der Waals surface area contributed by atoms with Gasteiger partial charge in [-0.25, -0.2) is 4.39 Å². The predicted octanol–water partition coefficient (Wildman–Crippen LogP) is 3.46. The Bertz CT molecular complexity index is 593. The Labute approximate surface area is 127 Å². The van der Waals surface area contributed by atoms with Crippen LogP contribution in [0, 0.1) is 5.82 Å². The van der Waals surface area contributed by atoms with Crippen LogP contribution < -0.4 is 4.74 Å². The maximum atomic E-state index is 12.8. The van der Waals surface area contributed by atoms with Crippen LogP contribution in [0.5, 0.6) is 5.75 Å². The summed E-state index contributed by atoms with van der Waals surface area (Å²) in [5.41, 5.74) is 0. The molecule has 110 valence electrons. The molecule has 0 N–H and O–H groups in total. The lowest BCUT2D eigenvalue weighted by Gasteiger charge is -2.21. The number of benzene rings is 1. The van der Waals surface area contributed by atoms with Crippen molar-refractivity contribution in [3.8, 4) is 5.75 Å². The summed E-state index contributed by atoms with van der Waals surface area (Å²) in [6.45, 7) is 0.640. The van der Waals surface area contributed by atoms with Crippen LogP contribution in [0.1, 0.15) is 17.7 Å². The molecule has 0 radical (unpaired) electrons. The zero-order valence-corrected chi connectivity index (χ0v) is 12.3. The van der Waals surface area contributed by atoms with Crippen LogP contribution in [0.2, 0.25) is 0 Å². The Morgan fingerprint density at radius 3 is 2.67 bits per heavy atom. The van der Waals surface area contributed by atoms with Crippen molar-refractivity contribution in [2.75, 3.05) is 6.61 Å². The van der Waals surface area contributed by atoms with Crippen LogP contribution >= 0.6 is 11.3 Å². The Hall–Kier alpha value is -1.88. The molecule has 2 aromatic rings. The van der Waals surface area contributed by atoms with Crippen molar-refractivity contribution < 1.29 is 13.9 Å². The van der Waals surface area contributed by atoms with E-state index in [1.165, 1.54) is 29.1 Å². The SMILES string of the molecule is O=C(COc1ccc(F)cc1)N(Cc1cccs1)C1CC1. The minimum atomic E-state index is -0.314. The molecule has 0 unspecified atom stereocenters. The number of amides is 1. The van der Waals surface area contributed by atoms with E-state index in [-0.39, 0.29) is 18.3 Å². The van der Waals surface area contributed by atoms with Crippen molar-refractivity contribution in [2.24, 2.45) is 0 Å². The molecule has 5 heteroatoms. The molecule has 0 bridgehead atoms. The molecule has 1 fully saturated rings. The monoisotopic (exact) mass is 305 g/mol. The molecule has 1 saturated carbocycles. The Kier molecular flexibility index (Phi) is 4.20. The molecule has 0 saturated heterocycles. The lowest BCUT2D eigenvalue weighted by atomic mass is 10.3. The van der Waals surface area contributed by atoms with E-state index in [4.69, 9.17) is 4.74 Å². The van der Waals surface area contributed by atoms with Gasteiger partial charge in [0.2, 0.25) is 0 Å². The average molecular weight is 305 g/mol. The fourth-order valence-electron chi connectivity index (χ4n) is 2.14. The summed E-state index contributed by atoms with van der Waals surface area (Å²) >= 11 is 1.65. The van der Waals surface area contributed by atoms with Gasteiger partial charge in [-0.2, -0.15) is 0 Å². The zero-order chi connectivity index (χ0) is 14.7. The topological polar surface area (TPSA) is 29.5 Å². The fourth-order valence-corrected chi connectivity index (χ4v) is 2.84. The van der Waals surface area contributed by atoms with Gasteiger partial charge in [0.15, 0.2) is 6.61 Å². The van der Waals surface area contributed by atoms with E-state index >= 15 is 0 Å². The summed E-state index contributed by atoms with van der Waals surface area (Å²) in [6.07, 6.45) is 2.13. The normalized spacial score (nSPS) is 14.0. The molecule has 1 heterocycles. The van der Waals surface area contributed by atoms with Crippen molar-refractivity contribution >= 4 is 17.2 Å². The maximum Gasteiger partial charge on any atom is 0.261 e. The summed E-state index contributed by atoms with van der Waals surface area (Å²) in [7, 11) is 0. The lowest BCUT2D eigenvalue weighted by molar-refractivity contribution is -0.134.